The van der Waals surface area contributed by atoms with Gasteiger partial charge in [-0.1, -0.05) is 146 Å². The molecule has 10 rings (SSSR count). The number of rotatable bonds is 10. The quantitative estimate of drug-likeness (QED) is 0.128. The van der Waals surface area contributed by atoms with Crippen LogP contribution in [-0.4, -0.2) is 23.9 Å². The van der Waals surface area contributed by atoms with Gasteiger partial charge >= 0.3 is 21.1 Å². The number of hydrogen-bond acceptors (Lipinski definition) is 3. The average molecular weight is 1010 g/mol. The summed E-state index contributed by atoms with van der Waals surface area (Å²) in [6.45, 7) is 18.0. The SMILES string of the molecule is CC(C)c1nn(-c2[c-]c(Oc3[c-]c4c(cc3)c3ccccc3n4-c3cc(-n4c5c(C(C)C)cccc5c5cccc(C(C)C)c54)ccn3)ccc2)c(C(C)C)c1-c1ccccc1.[Pt+2]. The van der Waals surface area contributed by atoms with Gasteiger partial charge in [0.1, 0.15) is 5.82 Å². The number of hydrogen-bond donors (Lipinski definition) is 0. The molecule has 4 heterocycles. The number of benzene rings is 6. The van der Waals surface area contributed by atoms with Crippen LogP contribution < -0.4 is 4.74 Å². The molecular formula is C56H51N5OPt. The van der Waals surface area contributed by atoms with Crippen LogP contribution in [0.25, 0.3) is 71.9 Å². The molecule has 0 amide bonds. The topological polar surface area (TPSA) is 49.8 Å². The molecule has 63 heavy (non-hydrogen) atoms. The van der Waals surface area contributed by atoms with E-state index in [0.29, 0.717) is 23.3 Å². The largest absolute Gasteiger partial charge is 2.00 e. The summed E-state index contributed by atoms with van der Waals surface area (Å²) in [6.07, 6.45) is 1.94. The van der Waals surface area contributed by atoms with Gasteiger partial charge in [-0.05, 0) is 63.6 Å². The second-order valence-electron chi connectivity index (χ2n) is 17.7. The van der Waals surface area contributed by atoms with E-state index in [9.17, 15) is 0 Å². The van der Waals surface area contributed by atoms with Gasteiger partial charge in [0, 0.05) is 45.6 Å². The zero-order valence-corrected chi connectivity index (χ0v) is 39.3. The van der Waals surface area contributed by atoms with E-state index in [1.54, 1.807) is 0 Å². The molecule has 0 aliphatic rings. The number of fused-ring (bicyclic) bond motifs is 6. The third-order valence-electron chi connectivity index (χ3n) is 12.2. The number of nitrogens with zero attached hydrogens (tertiary/aromatic N) is 5. The zero-order valence-electron chi connectivity index (χ0n) is 37.0. The van der Waals surface area contributed by atoms with E-state index in [2.05, 4.69) is 197 Å². The Balaban J connectivity index is 0.00000504. The molecule has 10 aromatic rings. The van der Waals surface area contributed by atoms with E-state index in [4.69, 9.17) is 14.8 Å². The van der Waals surface area contributed by atoms with Gasteiger partial charge in [0.15, 0.2) is 0 Å². The molecule has 7 heteroatoms. The number of pyridine rings is 1. The minimum Gasteiger partial charge on any atom is -0.509 e. The monoisotopic (exact) mass is 1000 g/mol. The van der Waals surface area contributed by atoms with E-state index >= 15 is 0 Å². The molecule has 6 nitrogen and oxygen atoms in total. The Bertz CT molecular complexity index is 3230. The molecule has 6 aromatic carbocycles. The molecule has 0 unspecified atom stereocenters. The van der Waals surface area contributed by atoms with Gasteiger partial charge in [-0.15, -0.1) is 35.7 Å². The van der Waals surface area contributed by atoms with Crippen LogP contribution in [0.15, 0.2) is 140 Å². The van der Waals surface area contributed by atoms with Crippen LogP contribution in [0.4, 0.5) is 0 Å². The Labute approximate surface area is 384 Å². The Hall–Kier alpha value is -6.23. The molecular weight excluding hydrogens is 954 g/mol. The minimum absolute atomic E-state index is 0. The van der Waals surface area contributed by atoms with E-state index < -0.39 is 0 Å². The first kappa shape index (κ1) is 42.1. The first-order valence-corrected chi connectivity index (χ1v) is 22.0. The van der Waals surface area contributed by atoms with E-state index in [-0.39, 0.29) is 32.9 Å². The molecule has 0 aliphatic heterocycles. The predicted octanol–water partition coefficient (Wildman–Crippen LogP) is 15.0. The van der Waals surface area contributed by atoms with Gasteiger partial charge in [0.05, 0.1) is 28.1 Å². The van der Waals surface area contributed by atoms with Crippen LogP contribution in [0.5, 0.6) is 11.5 Å². The van der Waals surface area contributed by atoms with Gasteiger partial charge < -0.3 is 13.9 Å². The molecule has 0 aliphatic carbocycles. The van der Waals surface area contributed by atoms with Crippen LogP contribution in [0.3, 0.4) is 0 Å². The summed E-state index contributed by atoms with van der Waals surface area (Å²) in [5.74, 6) is 3.14. The standard InChI is InChI=1S/C56H51N5O.Pt/c1-34(2)43-22-15-24-47-48-25-16-23-44(35(3)4)56(48)59(55(43)47)39-29-30-57-51(32-39)60-49-26-13-12-21-45(49)46-28-27-42(33-50(46)60)62-41-20-14-19-40(31-41)61-54(37(7)8)52(53(58-61)36(5)6)38-17-10-9-11-18-38;/h9-30,32,34-37H,1-8H3;/q-2;+2. The summed E-state index contributed by atoms with van der Waals surface area (Å²) in [5, 5.41) is 9.97. The van der Waals surface area contributed by atoms with Crippen molar-refractivity contribution in [2.24, 2.45) is 0 Å². The number of para-hydroxylation sites is 3. The second-order valence-corrected chi connectivity index (χ2v) is 17.7. The van der Waals surface area contributed by atoms with Crippen LogP contribution >= 0.6 is 0 Å². The third-order valence-corrected chi connectivity index (χ3v) is 12.2. The zero-order chi connectivity index (χ0) is 42.8. The fourth-order valence-corrected chi connectivity index (χ4v) is 9.41. The molecule has 4 aromatic heterocycles. The molecule has 0 spiro atoms. The third kappa shape index (κ3) is 7.19. The fraction of sp³-hybridized carbons (Fsp3) is 0.214. The van der Waals surface area contributed by atoms with Crippen molar-refractivity contribution in [2.45, 2.75) is 79.1 Å². The van der Waals surface area contributed by atoms with Gasteiger partial charge in [-0.2, -0.15) is 17.2 Å². The van der Waals surface area contributed by atoms with E-state index in [1.807, 2.05) is 24.4 Å². The summed E-state index contributed by atoms with van der Waals surface area (Å²) < 4.78 is 13.4. The van der Waals surface area contributed by atoms with Crippen LogP contribution in [-0.2, 0) is 21.1 Å². The number of ether oxygens (including phenoxy) is 1. The smallest absolute Gasteiger partial charge is 0.509 e. The summed E-state index contributed by atoms with van der Waals surface area (Å²) in [6, 6.07) is 54.4. The Morgan fingerprint density at radius 1 is 0.540 bits per heavy atom. The van der Waals surface area contributed by atoms with E-state index in [1.165, 1.54) is 44.1 Å². The molecule has 0 atom stereocenters. The molecule has 0 bridgehead atoms. The molecule has 0 radical (unpaired) electrons. The van der Waals surface area contributed by atoms with Crippen molar-refractivity contribution in [1.29, 1.82) is 0 Å². The minimum atomic E-state index is 0. The maximum atomic E-state index is 6.67. The average Bonchev–Trinajstić information content (AvgIpc) is 3.95. The number of aromatic nitrogens is 5. The Kier molecular flexibility index (Phi) is 11.2. The van der Waals surface area contributed by atoms with E-state index in [0.717, 1.165) is 50.4 Å². The molecule has 0 saturated heterocycles. The van der Waals surface area contributed by atoms with Crippen molar-refractivity contribution < 1.29 is 25.8 Å². The van der Waals surface area contributed by atoms with Gasteiger partial charge in [0.2, 0.25) is 0 Å². The summed E-state index contributed by atoms with van der Waals surface area (Å²) in [4.78, 5) is 5.06. The maximum absolute atomic E-state index is 6.67. The van der Waals surface area contributed by atoms with Crippen molar-refractivity contribution in [1.82, 2.24) is 23.9 Å². The van der Waals surface area contributed by atoms with Crippen molar-refractivity contribution >= 4 is 43.6 Å². The van der Waals surface area contributed by atoms with Crippen LogP contribution in [0.1, 0.15) is 102 Å². The molecule has 0 saturated carbocycles. The first-order chi connectivity index (χ1) is 30.1. The summed E-state index contributed by atoms with van der Waals surface area (Å²) in [7, 11) is 0. The molecule has 0 N–H and O–H groups in total. The van der Waals surface area contributed by atoms with Crippen molar-refractivity contribution in [2.75, 3.05) is 0 Å². The fourth-order valence-electron chi connectivity index (χ4n) is 9.41. The maximum Gasteiger partial charge on any atom is 2.00 e. The van der Waals surface area contributed by atoms with Crippen LogP contribution in [0.2, 0.25) is 0 Å². The Morgan fingerprint density at radius 3 is 1.84 bits per heavy atom. The summed E-state index contributed by atoms with van der Waals surface area (Å²) in [5.41, 5.74) is 13.6. The van der Waals surface area contributed by atoms with Gasteiger partial charge in [0.25, 0.3) is 0 Å². The van der Waals surface area contributed by atoms with Crippen molar-refractivity contribution in [3.63, 3.8) is 0 Å². The van der Waals surface area contributed by atoms with Gasteiger partial charge in [-0.3, -0.25) is 4.68 Å². The Morgan fingerprint density at radius 2 is 1.17 bits per heavy atom. The molecule has 0 fully saturated rings. The van der Waals surface area contributed by atoms with Gasteiger partial charge in [-0.25, -0.2) is 4.98 Å². The van der Waals surface area contributed by atoms with Crippen LogP contribution in [0, 0.1) is 12.1 Å². The first-order valence-electron chi connectivity index (χ1n) is 22.0. The van der Waals surface area contributed by atoms with Crippen molar-refractivity contribution in [3.8, 4) is 39.8 Å². The summed E-state index contributed by atoms with van der Waals surface area (Å²) >= 11 is 0. The van der Waals surface area contributed by atoms with Crippen molar-refractivity contribution in [3.05, 3.63) is 174 Å². The predicted molar refractivity (Wildman–Crippen MR) is 256 cm³/mol. The molecule has 316 valence electrons. The normalized spacial score (nSPS) is 11.9. The second kappa shape index (κ2) is 16.8.